The van der Waals surface area contributed by atoms with Gasteiger partial charge in [-0.1, -0.05) is 18.2 Å². The fourth-order valence-corrected chi connectivity index (χ4v) is 2.02. The fourth-order valence-electron chi connectivity index (χ4n) is 2.02. The Morgan fingerprint density at radius 3 is 2.76 bits per heavy atom. The summed E-state index contributed by atoms with van der Waals surface area (Å²) in [5.41, 5.74) is 7.46. The van der Waals surface area contributed by atoms with Gasteiger partial charge < -0.3 is 20.6 Å². The number of hydrogen-bond donors (Lipinski definition) is 2. The molecule has 90 valence electrons. The van der Waals surface area contributed by atoms with Gasteiger partial charge in [0.15, 0.2) is 0 Å². The van der Waals surface area contributed by atoms with Crippen LogP contribution in [0.15, 0.2) is 24.4 Å². The van der Waals surface area contributed by atoms with E-state index >= 15 is 0 Å². The molecule has 0 atom stereocenters. The summed E-state index contributed by atoms with van der Waals surface area (Å²) in [4.78, 5) is 13.9. The number of aromatic carboxylic acids is 1. The number of carboxylic acids is 1. The van der Waals surface area contributed by atoms with Crippen molar-refractivity contribution < 1.29 is 9.90 Å². The van der Waals surface area contributed by atoms with Crippen LogP contribution in [0.2, 0.25) is 0 Å². The van der Waals surface area contributed by atoms with Crippen molar-refractivity contribution in [3.8, 4) is 0 Å². The van der Waals surface area contributed by atoms with Gasteiger partial charge in [0.1, 0.15) is 0 Å². The summed E-state index contributed by atoms with van der Waals surface area (Å²) in [6.07, 6.45) is 2.50. The van der Waals surface area contributed by atoms with Crippen LogP contribution < -0.4 is 10.8 Å². The molecule has 0 radical (unpaired) electrons. The smallest absolute Gasteiger partial charge is 0.0736 e. The van der Waals surface area contributed by atoms with Crippen molar-refractivity contribution in [1.29, 1.82) is 0 Å². The Morgan fingerprint density at radius 1 is 1.47 bits per heavy atom. The topological polar surface area (TPSA) is 81.9 Å². The van der Waals surface area contributed by atoms with E-state index in [2.05, 4.69) is 4.98 Å². The van der Waals surface area contributed by atoms with E-state index in [1.807, 2.05) is 26.1 Å². The predicted molar refractivity (Wildman–Crippen MR) is 64.6 cm³/mol. The molecule has 17 heavy (non-hydrogen) atoms. The maximum atomic E-state index is 11.0. The molecule has 0 amide bonds. The highest BCUT2D eigenvalue weighted by Crippen LogP contribution is 2.24. The summed E-state index contributed by atoms with van der Waals surface area (Å²) < 4.78 is 0. The number of carboxylic acid groups (broad SMARTS) is 1. The highest BCUT2D eigenvalue weighted by molar-refractivity contribution is 6.02. The van der Waals surface area contributed by atoms with Crippen LogP contribution in [-0.4, -0.2) is 16.5 Å². The molecule has 0 fully saturated rings. The molecule has 0 aliphatic rings. The number of nitrogens with two attached hydrogens (primary N) is 1. The Balaban J connectivity index is 2.55. The molecule has 4 nitrogen and oxygen atoms in total. The van der Waals surface area contributed by atoms with Gasteiger partial charge in [-0.05, 0) is 25.8 Å². The summed E-state index contributed by atoms with van der Waals surface area (Å²) >= 11 is 0. The number of para-hydroxylation sites is 1. The van der Waals surface area contributed by atoms with Gasteiger partial charge in [0, 0.05) is 22.7 Å². The van der Waals surface area contributed by atoms with Crippen molar-refractivity contribution in [1.82, 2.24) is 4.98 Å². The van der Waals surface area contributed by atoms with Gasteiger partial charge in [0.25, 0.3) is 0 Å². The lowest BCUT2D eigenvalue weighted by molar-refractivity contribution is -0.254. The van der Waals surface area contributed by atoms with Crippen LogP contribution in [0.5, 0.6) is 0 Å². The number of rotatable bonds is 3. The summed E-state index contributed by atoms with van der Waals surface area (Å²) in [7, 11) is 0. The van der Waals surface area contributed by atoms with Crippen LogP contribution in [0, 0.1) is 0 Å². The summed E-state index contributed by atoms with van der Waals surface area (Å²) in [6, 6.07) is 5.14. The van der Waals surface area contributed by atoms with Crippen LogP contribution in [0.25, 0.3) is 10.9 Å². The first-order chi connectivity index (χ1) is 7.88. The summed E-state index contributed by atoms with van der Waals surface area (Å²) in [5.74, 6) is -1.17. The van der Waals surface area contributed by atoms with Crippen molar-refractivity contribution in [2.75, 3.05) is 0 Å². The second-order valence-electron chi connectivity index (χ2n) is 4.99. The number of benzene rings is 1. The lowest BCUT2D eigenvalue weighted by atomic mass is 9.95. The number of carbonyl (C=O) groups excluding carboxylic acids is 1. The second-order valence-corrected chi connectivity index (χ2v) is 4.99. The minimum Gasteiger partial charge on any atom is -0.545 e. The fraction of sp³-hybridized carbons (Fsp3) is 0.308. The van der Waals surface area contributed by atoms with Crippen molar-refractivity contribution in [3.05, 3.63) is 35.5 Å². The third-order valence-electron chi connectivity index (χ3n) is 2.67. The number of hydrogen-bond acceptors (Lipinski definition) is 3. The van der Waals surface area contributed by atoms with Gasteiger partial charge in [-0.2, -0.15) is 0 Å². The van der Waals surface area contributed by atoms with E-state index in [0.29, 0.717) is 11.9 Å². The van der Waals surface area contributed by atoms with Crippen LogP contribution >= 0.6 is 0 Å². The Labute approximate surface area is 99.4 Å². The van der Waals surface area contributed by atoms with Crippen LogP contribution in [0.4, 0.5) is 0 Å². The number of H-pyrrole nitrogens is 1. The molecule has 2 rings (SSSR count). The molecule has 1 aromatic carbocycles. The third-order valence-corrected chi connectivity index (χ3v) is 2.67. The first-order valence-corrected chi connectivity index (χ1v) is 5.48. The number of aromatic amines is 1. The first-order valence-electron chi connectivity index (χ1n) is 5.48. The second kappa shape index (κ2) is 3.89. The van der Waals surface area contributed by atoms with Crippen molar-refractivity contribution in [2.45, 2.75) is 25.8 Å². The Bertz CT molecular complexity index is 564. The number of nitrogens with one attached hydrogen (secondary N) is 1. The Kier molecular flexibility index (Phi) is 2.67. The standard InChI is InChI=1S/C13H16N2O2/c1-13(2,14)6-8-7-15-11-9(8)4-3-5-10(11)12(16)17/h3-5,7,15H,6,14H2,1-2H3,(H,16,17)/p-1. The molecule has 0 aliphatic carbocycles. The zero-order valence-corrected chi connectivity index (χ0v) is 9.91. The summed E-state index contributed by atoms with van der Waals surface area (Å²) in [6.45, 7) is 3.88. The lowest BCUT2D eigenvalue weighted by Crippen LogP contribution is -2.34. The van der Waals surface area contributed by atoms with Gasteiger partial charge in [-0.25, -0.2) is 0 Å². The maximum Gasteiger partial charge on any atom is 0.0736 e. The average molecular weight is 231 g/mol. The van der Waals surface area contributed by atoms with Crippen molar-refractivity contribution >= 4 is 16.9 Å². The average Bonchev–Trinajstić information content (AvgIpc) is 2.59. The van der Waals surface area contributed by atoms with Crippen LogP contribution in [0.3, 0.4) is 0 Å². The minimum absolute atomic E-state index is 0.184. The highest BCUT2D eigenvalue weighted by Gasteiger charge is 2.15. The van der Waals surface area contributed by atoms with Gasteiger partial charge in [-0.15, -0.1) is 0 Å². The van der Waals surface area contributed by atoms with Gasteiger partial charge in [0.05, 0.1) is 11.5 Å². The zero-order valence-electron chi connectivity index (χ0n) is 9.91. The lowest BCUT2D eigenvalue weighted by Gasteiger charge is -2.17. The first kappa shape index (κ1) is 11.7. The Morgan fingerprint density at radius 2 is 2.18 bits per heavy atom. The molecule has 0 bridgehead atoms. The molecule has 3 N–H and O–H groups in total. The zero-order chi connectivity index (χ0) is 12.6. The van der Waals surface area contributed by atoms with E-state index in [0.717, 1.165) is 10.9 Å². The molecule has 0 aliphatic heterocycles. The van der Waals surface area contributed by atoms with E-state index in [1.54, 1.807) is 6.07 Å². The largest absolute Gasteiger partial charge is 0.545 e. The van der Waals surface area contributed by atoms with Crippen LogP contribution in [0.1, 0.15) is 29.8 Å². The van der Waals surface area contributed by atoms with E-state index in [1.165, 1.54) is 6.07 Å². The number of fused-ring (bicyclic) bond motifs is 1. The third kappa shape index (κ3) is 2.31. The molecule has 4 heteroatoms. The predicted octanol–water partition coefficient (Wildman–Crippen LogP) is 0.811. The minimum atomic E-state index is -1.17. The molecular weight excluding hydrogens is 216 g/mol. The molecule has 1 heterocycles. The van der Waals surface area contributed by atoms with Crippen molar-refractivity contribution in [2.24, 2.45) is 5.73 Å². The molecule has 0 spiro atoms. The highest BCUT2D eigenvalue weighted by atomic mass is 16.4. The molecule has 0 saturated heterocycles. The van der Waals surface area contributed by atoms with Gasteiger partial charge in [-0.3, -0.25) is 0 Å². The molecule has 0 saturated carbocycles. The molecular formula is C13H15N2O2-. The van der Waals surface area contributed by atoms with Crippen molar-refractivity contribution in [3.63, 3.8) is 0 Å². The van der Waals surface area contributed by atoms with Crippen LogP contribution in [-0.2, 0) is 6.42 Å². The van der Waals surface area contributed by atoms with E-state index in [9.17, 15) is 9.90 Å². The molecule has 1 aromatic heterocycles. The Hall–Kier alpha value is -1.81. The number of carbonyl (C=O) groups is 1. The normalized spacial score (nSPS) is 11.9. The quantitative estimate of drug-likeness (QED) is 0.820. The number of aromatic nitrogens is 1. The van der Waals surface area contributed by atoms with E-state index in [-0.39, 0.29) is 11.1 Å². The van der Waals surface area contributed by atoms with Gasteiger partial charge in [0.2, 0.25) is 0 Å². The maximum absolute atomic E-state index is 11.0. The molecule has 2 aromatic rings. The SMILES string of the molecule is CC(C)(N)Cc1c[nH]c2c(C(=O)[O-])cccc12. The van der Waals surface area contributed by atoms with E-state index < -0.39 is 5.97 Å². The molecule has 0 unspecified atom stereocenters. The summed E-state index contributed by atoms with van der Waals surface area (Å²) in [5, 5.41) is 11.8. The van der Waals surface area contributed by atoms with Gasteiger partial charge >= 0.3 is 0 Å². The monoisotopic (exact) mass is 231 g/mol. The van der Waals surface area contributed by atoms with E-state index in [4.69, 9.17) is 5.73 Å².